The van der Waals surface area contributed by atoms with E-state index in [0.717, 1.165) is 30.7 Å². The van der Waals surface area contributed by atoms with Crippen molar-refractivity contribution in [1.29, 1.82) is 0 Å². The van der Waals surface area contributed by atoms with Crippen LogP contribution in [0.3, 0.4) is 0 Å². The molecule has 0 bridgehead atoms. The third-order valence-electron chi connectivity index (χ3n) is 6.85. The number of piperidine rings is 1. The maximum Gasteiger partial charge on any atom is 0.119 e. The molecular weight excluding hydrogens is 372 g/mol. The molecule has 3 rings (SSSR count). The number of aryl methyl sites for hydroxylation is 1. The maximum atomic E-state index is 9.99. The predicted octanol–water partition coefficient (Wildman–Crippen LogP) is 5.47. The minimum atomic E-state index is 0.326. The third-order valence-corrected chi connectivity index (χ3v) is 6.85. The summed E-state index contributed by atoms with van der Waals surface area (Å²) in [5.74, 6) is 1.97. The molecule has 0 aliphatic carbocycles. The van der Waals surface area contributed by atoms with Gasteiger partial charge in [0.05, 0.1) is 12.6 Å². The van der Waals surface area contributed by atoms with Crippen LogP contribution in [-0.2, 0) is 6.42 Å². The summed E-state index contributed by atoms with van der Waals surface area (Å²) >= 11 is 0. The van der Waals surface area contributed by atoms with Crippen LogP contribution in [0.5, 0.6) is 5.75 Å². The number of aromatic nitrogens is 1. The van der Waals surface area contributed by atoms with Gasteiger partial charge in [-0.05, 0) is 86.9 Å². The molecule has 1 N–H and O–H groups in total. The van der Waals surface area contributed by atoms with Gasteiger partial charge in [0.1, 0.15) is 5.75 Å². The van der Waals surface area contributed by atoms with Crippen LogP contribution in [0, 0.1) is 11.8 Å². The highest BCUT2D eigenvalue weighted by molar-refractivity contribution is 5.83. The molecule has 2 aromatic rings. The Morgan fingerprint density at radius 3 is 2.77 bits per heavy atom. The van der Waals surface area contributed by atoms with E-state index in [1.54, 1.807) is 7.11 Å². The number of unbranched alkanes of at least 4 members (excludes halogenated alkanes) is 4. The molecular formula is C26H40N2O2. The van der Waals surface area contributed by atoms with Gasteiger partial charge >= 0.3 is 0 Å². The molecule has 30 heavy (non-hydrogen) atoms. The molecule has 0 radical (unpaired) electrons. The van der Waals surface area contributed by atoms with Gasteiger partial charge in [-0.3, -0.25) is 4.98 Å². The van der Waals surface area contributed by atoms with Gasteiger partial charge in [-0.1, -0.05) is 32.6 Å². The summed E-state index contributed by atoms with van der Waals surface area (Å²) < 4.78 is 5.40. The van der Waals surface area contributed by atoms with Gasteiger partial charge in [-0.15, -0.1) is 0 Å². The maximum absolute atomic E-state index is 9.99. The number of pyridine rings is 1. The zero-order chi connectivity index (χ0) is 21.2. The van der Waals surface area contributed by atoms with Crippen LogP contribution in [0.25, 0.3) is 10.9 Å². The minimum absolute atomic E-state index is 0.326. The van der Waals surface area contributed by atoms with Crippen molar-refractivity contribution in [3.63, 3.8) is 0 Å². The number of methoxy groups -OCH3 is 1. The first-order valence-corrected chi connectivity index (χ1v) is 12.0. The Balaban J connectivity index is 1.47. The second kappa shape index (κ2) is 12.3. The molecule has 1 saturated heterocycles. The highest BCUT2D eigenvalue weighted by Crippen LogP contribution is 2.29. The molecule has 166 valence electrons. The van der Waals surface area contributed by atoms with E-state index >= 15 is 0 Å². The zero-order valence-corrected chi connectivity index (χ0v) is 19.0. The summed E-state index contributed by atoms with van der Waals surface area (Å²) in [6, 6.07) is 8.26. The fourth-order valence-electron chi connectivity index (χ4n) is 4.97. The second-order valence-electron chi connectivity index (χ2n) is 8.95. The summed E-state index contributed by atoms with van der Waals surface area (Å²) in [4.78, 5) is 7.08. The summed E-state index contributed by atoms with van der Waals surface area (Å²) in [5.41, 5.74) is 2.39. The summed E-state index contributed by atoms with van der Waals surface area (Å²) in [5, 5.41) is 11.2. The molecule has 4 heteroatoms. The molecule has 0 spiro atoms. The monoisotopic (exact) mass is 412 g/mol. The van der Waals surface area contributed by atoms with Crippen molar-refractivity contribution in [1.82, 2.24) is 9.88 Å². The average molecular weight is 413 g/mol. The number of ether oxygens (including phenoxy) is 1. The van der Waals surface area contributed by atoms with Gasteiger partial charge in [0, 0.05) is 24.7 Å². The van der Waals surface area contributed by atoms with Gasteiger partial charge in [0.15, 0.2) is 0 Å². The largest absolute Gasteiger partial charge is 0.497 e. The van der Waals surface area contributed by atoms with Crippen molar-refractivity contribution in [2.45, 2.75) is 64.7 Å². The average Bonchev–Trinajstić information content (AvgIpc) is 2.79. The van der Waals surface area contributed by atoms with Crippen LogP contribution in [-0.4, -0.2) is 48.3 Å². The van der Waals surface area contributed by atoms with Crippen molar-refractivity contribution >= 4 is 10.9 Å². The molecule has 1 aliphatic rings. The lowest BCUT2D eigenvalue weighted by Crippen LogP contribution is -2.42. The first kappa shape index (κ1) is 23.0. The highest BCUT2D eigenvalue weighted by atomic mass is 16.5. The van der Waals surface area contributed by atoms with Crippen molar-refractivity contribution < 1.29 is 9.84 Å². The Bertz CT molecular complexity index is 764. The molecule has 1 fully saturated rings. The molecule has 4 nitrogen and oxygen atoms in total. The minimum Gasteiger partial charge on any atom is -0.497 e. The number of likely N-dealkylation sites (tertiary alicyclic amines) is 1. The lowest BCUT2D eigenvalue weighted by atomic mass is 9.82. The fourth-order valence-corrected chi connectivity index (χ4v) is 4.97. The quantitative estimate of drug-likeness (QED) is 0.470. The lowest BCUT2D eigenvalue weighted by Gasteiger charge is -2.38. The smallest absolute Gasteiger partial charge is 0.119 e. The number of rotatable bonds is 12. The number of aliphatic hydroxyl groups is 1. The lowest BCUT2D eigenvalue weighted by molar-refractivity contribution is 0.0665. The van der Waals surface area contributed by atoms with Gasteiger partial charge in [-0.2, -0.15) is 0 Å². The third kappa shape index (κ3) is 6.42. The molecule has 0 saturated carbocycles. The number of aliphatic hydroxyl groups excluding tert-OH is 1. The van der Waals surface area contributed by atoms with E-state index in [1.807, 2.05) is 18.3 Å². The molecule has 0 amide bonds. The number of hydrogen-bond acceptors (Lipinski definition) is 4. The molecule has 1 aliphatic heterocycles. The van der Waals surface area contributed by atoms with Crippen molar-refractivity contribution in [3.05, 3.63) is 36.0 Å². The SMILES string of the molecule is CCCCCCCN1CC[C@@H](CCCc2ccnc3ccc(OC)cc23)[C@@H](CO)C1. The topological polar surface area (TPSA) is 45.6 Å². The molecule has 0 unspecified atom stereocenters. The summed E-state index contributed by atoms with van der Waals surface area (Å²) in [6.07, 6.45) is 13.3. The second-order valence-corrected chi connectivity index (χ2v) is 8.95. The Labute approximate surface area is 182 Å². The predicted molar refractivity (Wildman–Crippen MR) is 125 cm³/mol. The first-order chi connectivity index (χ1) is 14.7. The van der Waals surface area contributed by atoms with E-state index in [2.05, 4.69) is 28.9 Å². The van der Waals surface area contributed by atoms with Crippen molar-refractivity contribution in [3.8, 4) is 5.75 Å². The van der Waals surface area contributed by atoms with Gasteiger partial charge in [0.2, 0.25) is 0 Å². The van der Waals surface area contributed by atoms with Crippen molar-refractivity contribution in [2.75, 3.05) is 33.4 Å². The van der Waals surface area contributed by atoms with Crippen LogP contribution in [0.1, 0.15) is 63.9 Å². The van der Waals surface area contributed by atoms with E-state index in [-0.39, 0.29) is 0 Å². The van der Waals surface area contributed by atoms with Gasteiger partial charge < -0.3 is 14.7 Å². The molecule has 1 aromatic heterocycles. The van der Waals surface area contributed by atoms with E-state index in [0.29, 0.717) is 18.4 Å². The molecule has 2 atom stereocenters. The van der Waals surface area contributed by atoms with E-state index in [4.69, 9.17) is 4.74 Å². The Hall–Kier alpha value is -1.65. The summed E-state index contributed by atoms with van der Waals surface area (Å²) in [7, 11) is 1.71. The van der Waals surface area contributed by atoms with Crippen LogP contribution in [0.15, 0.2) is 30.5 Å². The Morgan fingerprint density at radius 2 is 1.97 bits per heavy atom. The van der Waals surface area contributed by atoms with Crippen LogP contribution in [0.2, 0.25) is 0 Å². The molecule has 2 heterocycles. The molecule has 1 aromatic carbocycles. The van der Waals surface area contributed by atoms with Crippen LogP contribution < -0.4 is 4.74 Å². The number of hydrogen-bond donors (Lipinski definition) is 1. The number of nitrogens with zero attached hydrogens (tertiary/aromatic N) is 2. The Kier molecular flexibility index (Phi) is 9.41. The van der Waals surface area contributed by atoms with Crippen molar-refractivity contribution in [2.24, 2.45) is 11.8 Å². The zero-order valence-electron chi connectivity index (χ0n) is 19.0. The van der Waals surface area contributed by atoms with E-state index in [9.17, 15) is 5.11 Å². The van der Waals surface area contributed by atoms with E-state index < -0.39 is 0 Å². The van der Waals surface area contributed by atoms with Gasteiger partial charge in [-0.25, -0.2) is 0 Å². The fraction of sp³-hybridized carbons (Fsp3) is 0.654. The van der Waals surface area contributed by atoms with Gasteiger partial charge in [0.25, 0.3) is 0 Å². The number of benzene rings is 1. The first-order valence-electron chi connectivity index (χ1n) is 12.0. The normalized spacial score (nSPS) is 20.0. The highest BCUT2D eigenvalue weighted by Gasteiger charge is 2.28. The Morgan fingerprint density at radius 1 is 1.10 bits per heavy atom. The van der Waals surface area contributed by atoms with Crippen LogP contribution >= 0.6 is 0 Å². The standard InChI is InChI=1S/C26H40N2O2/c1-3-4-5-6-7-16-28-17-14-21(23(19-28)20-29)9-8-10-22-13-15-27-26-12-11-24(30-2)18-25(22)26/h11-13,15,18,21,23,29H,3-10,14,16-17,19-20H2,1-2H3/t21-,23-/m1/s1. The number of fused-ring (bicyclic) bond motifs is 1. The van der Waals surface area contributed by atoms with Crippen LogP contribution in [0.4, 0.5) is 0 Å². The summed E-state index contributed by atoms with van der Waals surface area (Å²) in [6.45, 7) is 6.07. The van der Waals surface area contributed by atoms with E-state index in [1.165, 1.54) is 69.0 Å².